The Labute approximate surface area is 161 Å². The van der Waals surface area contributed by atoms with E-state index < -0.39 is 6.61 Å². The summed E-state index contributed by atoms with van der Waals surface area (Å²) in [5.41, 5.74) is 0.981. The second-order valence-electron chi connectivity index (χ2n) is 6.78. The van der Waals surface area contributed by atoms with Crippen LogP contribution < -0.4 is 4.74 Å². The summed E-state index contributed by atoms with van der Waals surface area (Å²) < 4.78 is 31.8. The molecule has 0 amide bonds. The molecule has 146 valence electrons. The highest BCUT2D eigenvalue weighted by molar-refractivity contribution is 7.99. The summed E-state index contributed by atoms with van der Waals surface area (Å²) in [5, 5.41) is 9.09. The minimum absolute atomic E-state index is 0.0912. The van der Waals surface area contributed by atoms with E-state index in [1.807, 2.05) is 6.92 Å². The van der Waals surface area contributed by atoms with Gasteiger partial charge in [-0.2, -0.15) is 8.78 Å². The molecule has 0 spiro atoms. The summed E-state index contributed by atoms with van der Waals surface area (Å²) >= 11 is 1.29. The van der Waals surface area contributed by atoms with Crippen LogP contribution in [-0.4, -0.2) is 32.9 Å². The van der Waals surface area contributed by atoms with Gasteiger partial charge in [0.1, 0.15) is 11.6 Å². The highest BCUT2D eigenvalue weighted by atomic mass is 32.2. The first kappa shape index (κ1) is 19.8. The molecule has 1 heterocycles. The van der Waals surface area contributed by atoms with Gasteiger partial charge in [0.15, 0.2) is 10.9 Å². The van der Waals surface area contributed by atoms with Gasteiger partial charge < -0.3 is 9.30 Å². The van der Waals surface area contributed by atoms with E-state index >= 15 is 0 Å². The van der Waals surface area contributed by atoms with Crippen molar-refractivity contribution in [2.45, 2.75) is 63.8 Å². The number of alkyl halides is 2. The molecule has 1 aromatic heterocycles. The fourth-order valence-electron chi connectivity index (χ4n) is 3.48. The molecule has 1 saturated carbocycles. The van der Waals surface area contributed by atoms with Crippen molar-refractivity contribution in [2.24, 2.45) is 0 Å². The van der Waals surface area contributed by atoms with Crippen LogP contribution in [0.4, 0.5) is 8.78 Å². The molecule has 1 aromatic carbocycles. The number of benzene rings is 1. The van der Waals surface area contributed by atoms with Gasteiger partial charge in [0.2, 0.25) is 0 Å². The van der Waals surface area contributed by atoms with Gasteiger partial charge >= 0.3 is 6.61 Å². The van der Waals surface area contributed by atoms with Crippen molar-refractivity contribution >= 4 is 17.5 Å². The zero-order chi connectivity index (χ0) is 19.4. The van der Waals surface area contributed by atoms with Gasteiger partial charge in [0, 0.05) is 6.04 Å². The van der Waals surface area contributed by atoms with Crippen LogP contribution in [0, 0.1) is 13.8 Å². The average molecular weight is 395 g/mol. The van der Waals surface area contributed by atoms with E-state index in [-0.39, 0.29) is 22.8 Å². The van der Waals surface area contributed by atoms with E-state index in [1.54, 1.807) is 19.1 Å². The third-order valence-corrected chi connectivity index (χ3v) is 5.70. The third-order valence-electron chi connectivity index (χ3n) is 4.76. The lowest BCUT2D eigenvalue weighted by molar-refractivity contribution is -0.0501. The van der Waals surface area contributed by atoms with Crippen molar-refractivity contribution < 1.29 is 18.3 Å². The summed E-state index contributed by atoms with van der Waals surface area (Å²) in [6, 6.07) is 5.00. The number of rotatable bonds is 7. The second-order valence-corrected chi connectivity index (χ2v) is 7.72. The number of ketones is 1. The lowest BCUT2D eigenvalue weighted by Crippen LogP contribution is -2.16. The van der Waals surface area contributed by atoms with Crippen molar-refractivity contribution in [3.8, 4) is 5.75 Å². The van der Waals surface area contributed by atoms with Crippen molar-refractivity contribution in [1.82, 2.24) is 14.8 Å². The van der Waals surface area contributed by atoms with E-state index in [4.69, 9.17) is 0 Å². The maximum atomic E-state index is 12.7. The fraction of sp³-hybridized carbons (Fsp3) is 0.526. The summed E-state index contributed by atoms with van der Waals surface area (Å²) in [4.78, 5) is 12.7. The van der Waals surface area contributed by atoms with E-state index in [9.17, 15) is 13.6 Å². The van der Waals surface area contributed by atoms with E-state index in [1.165, 1.54) is 37.1 Å². The van der Waals surface area contributed by atoms with Crippen LogP contribution in [0.3, 0.4) is 0 Å². The molecule has 0 atom stereocenters. The highest BCUT2D eigenvalue weighted by Gasteiger charge is 2.23. The van der Waals surface area contributed by atoms with E-state index in [0.717, 1.165) is 24.2 Å². The minimum Gasteiger partial charge on any atom is -0.434 e. The van der Waals surface area contributed by atoms with Crippen LogP contribution in [0.5, 0.6) is 5.75 Å². The first-order valence-corrected chi connectivity index (χ1v) is 10.1. The predicted octanol–water partition coefficient (Wildman–Crippen LogP) is 4.98. The van der Waals surface area contributed by atoms with Crippen LogP contribution >= 0.6 is 11.8 Å². The molecule has 1 fully saturated rings. The Morgan fingerprint density at radius 1 is 1.26 bits per heavy atom. The summed E-state index contributed by atoms with van der Waals surface area (Å²) in [6.07, 6.45) is 5.79. The second kappa shape index (κ2) is 8.82. The molecule has 0 aliphatic heterocycles. The zero-order valence-corrected chi connectivity index (χ0v) is 16.3. The molecule has 5 nitrogen and oxygen atoms in total. The number of nitrogens with zero attached hydrogens (tertiary/aromatic N) is 3. The van der Waals surface area contributed by atoms with Gasteiger partial charge in [-0.15, -0.1) is 10.2 Å². The molecule has 0 saturated heterocycles. The number of hydrogen-bond acceptors (Lipinski definition) is 5. The van der Waals surface area contributed by atoms with Gasteiger partial charge in [-0.3, -0.25) is 4.79 Å². The summed E-state index contributed by atoms with van der Waals surface area (Å²) in [6.45, 7) is 0.755. The Hall–Kier alpha value is -1.96. The molecular formula is C19H23F2N3O2S. The largest absolute Gasteiger partial charge is 0.434 e. The number of hydrogen-bond donors (Lipinski definition) is 0. The lowest BCUT2D eigenvalue weighted by Gasteiger charge is -2.24. The Bertz CT molecular complexity index is 804. The fourth-order valence-corrected chi connectivity index (χ4v) is 4.41. The molecule has 0 unspecified atom stereocenters. The minimum atomic E-state index is -2.97. The summed E-state index contributed by atoms with van der Waals surface area (Å²) in [5.74, 6) is 0.573. The van der Waals surface area contributed by atoms with Gasteiger partial charge in [-0.25, -0.2) is 0 Å². The average Bonchev–Trinajstić information content (AvgIpc) is 3.02. The lowest BCUT2D eigenvalue weighted by atomic mass is 9.95. The van der Waals surface area contributed by atoms with Crippen LogP contribution in [0.15, 0.2) is 23.4 Å². The number of thioether (sulfide) groups is 1. The molecule has 27 heavy (non-hydrogen) atoms. The SMILES string of the molecule is Cc1ccc(OC(F)F)c(C(=O)CSc2nnc(C)n2C2CCCCC2)c1. The van der Waals surface area contributed by atoms with Crippen molar-refractivity contribution in [2.75, 3.05) is 5.75 Å². The molecule has 3 rings (SSSR count). The van der Waals surface area contributed by atoms with E-state index in [0.29, 0.717) is 11.2 Å². The van der Waals surface area contributed by atoms with Gasteiger partial charge in [0.25, 0.3) is 0 Å². The van der Waals surface area contributed by atoms with Gasteiger partial charge in [-0.1, -0.05) is 42.7 Å². The molecule has 0 bridgehead atoms. The van der Waals surface area contributed by atoms with Gasteiger partial charge in [-0.05, 0) is 38.8 Å². The van der Waals surface area contributed by atoms with Crippen LogP contribution in [0.1, 0.15) is 59.9 Å². The smallest absolute Gasteiger partial charge is 0.387 e. The molecule has 8 heteroatoms. The number of carbonyl (C=O) groups excluding carboxylic acids is 1. The topological polar surface area (TPSA) is 57.0 Å². The zero-order valence-electron chi connectivity index (χ0n) is 15.5. The number of aromatic nitrogens is 3. The van der Waals surface area contributed by atoms with Crippen molar-refractivity contribution in [3.05, 3.63) is 35.2 Å². The standard InChI is InChI=1S/C19H23F2N3O2S/c1-12-8-9-17(26-18(20)21)15(10-12)16(25)11-27-19-23-22-13(2)24(19)14-6-4-3-5-7-14/h8-10,14,18H,3-7,11H2,1-2H3. The van der Waals surface area contributed by atoms with Crippen LogP contribution in [0.25, 0.3) is 0 Å². The molecule has 0 radical (unpaired) electrons. The number of halogens is 2. The Kier molecular flexibility index (Phi) is 6.46. The van der Waals surface area contributed by atoms with Crippen molar-refractivity contribution in [3.63, 3.8) is 0 Å². The number of ether oxygens (including phenoxy) is 1. The maximum absolute atomic E-state index is 12.7. The first-order valence-electron chi connectivity index (χ1n) is 9.08. The molecular weight excluding hydrogens is 372 g/mol. The Morgan fingerprint density at radius 2 is 2.00 bits per heavy atom. The Balaban J connectivity index is 1.74. The third kappa shape index (κ3) is 4.86. The maximum Gasteiger partial charge on any atom is 0.387 e. The van der Waals surface area contributed by atoms with E-state index in [2.05, 4.69) is 19.5 Å². The van der Waals surface area contributed by atoms with Crippen LogP contribution in [-0.2, 0) is 0 Å². The normalized spacial score (nSPS) is 15.3. The molecule has 1 aliphatic rings. The van der Waals surface area contributed by atoms with Crippen molar-refractivity contribution in [1.29, 1.82) is 0 Å². The summed E-state index contributed by atoms with van der Waals surface area (Å²) in [7, 11) is 0. The first-order chi connectivity index (χ1) is 13.0. The molecule has 2 aromatic rings. The Morgan fingerprint density at radius 3 is 2.70 bits per heavy atom. The monoisotopic (exact) mass is 395 g/mol. The number of carbonyl (C=O) groups is 1. The number of aryl methyl sites for hydroxylation is 2. The van der Waals surface area contributed by atoms with Gasteiger partial charge in [0.05, 0.1) is 11.3 Å². The quantitative estimate of drug-likeness (QED) is 0.489. The molecule has 0 N–H and O–H groups in total. The molecule has 1 aliphatic carbocycles. The number of Topliss-reactive ketones (excluding diaryl/α,β-unsaturated/α-hetero) is 1. The highest BCUT2D eigenvalue weighted by Crippen LogP contribution is 2.33. The van der Waals surface area contributed by atoms with Crippen LogP contribution in [0.2, 0.25) is 0 Å². The predicted molar refractivity (Wildman–Crippen MR) is 99.7 cm³/mol.